The maximum Gasteiger partial charge on any atom is 0.253 e. The molecule has 0 aromatic heterocycles. The molecule has 190 valence electrons. The minimum absolute atomic E-state index is 0.0350. The number of nitrogens with zero attached hydrogens (tertiary/aromatic N) is 2. The Morgan fingerprint density at radius 2 is 1.59 bits per heavy atom. The van der Waals surface area contributed by atoms with Crippen molar-refractivity contribution in [3.63, 3.8) is 0 Å². The predicted octanol–water partition coefficient (Wildman–Crippen LogP) is 3.58. The summed E-state index contributed by atoms with van der Waals surface area (Å²) in [7, 11) is 1.36. The number of hydrogen-bond acceptors (Lipinski definition) is 5. The van der Waals surface area contributed by atoms with Gasteiger partial charge in [-0.2, -0.15) is 0 Å². The summed E-state index contributed by atoms with van der Waals surface area (Å²) in [5, 5.41) is 9.87. The van der Waals surface area contributed by atoms with Gasteiger partial charge in [0.1, 0.15) is 5.75 Å². The van der Waals surface area contributed by atoms with Crippen molar-refractivity contribution in [3.8, 4) is 5.75 Å². The second kappa shape index (κ2) is 8.17. The van der Waals surface area contributed by atoms with Crippen molar-refractivity contribution in [1.29, 1.82) is 0 Å². The number of allylic oxidation sites excluding steroid dienone is 2. The van der Waals surface area contributed by atoms with Gasteiger partial charge in [0.15, 0.2) is 9.75 Å². The summed E-state index contributed by atoms with van der Waals surface area (Å²) in [5.74, 6) is -4.38. The Kier molecular flexibility index (Phi) is 5.34. The van der Waals surface area contributed by atoms with E-state index < -0.39 is 45.2 Å². The van der Waals surface area contributed by atoms with E-state index in [-0.39, 0.29) is 30.5 Å². The van der Waals surface area contributed by atoms with Crippen LogP contribution in [0.3, 0.4) is 0 Å². The lowest BCUT2D eigenvalue weighted by atomic mass is 9.56. The average Bonchev–Trinajstić information content (AvgIpc) is 3.20. The highest BCUT2D eigenvalue weighted by atomic mass is 35.5. The highest BCUT2D eigenvalue weighted by Crippen LogP contribution is 2.65. The minimum atomic E-state index is -1.82. The molecule has 2 aromatic carbocycles. The van der Waals surface area contributed by atoms with Crippen molar-refractivity contribution in [1.82, 2.24) is 9.80 Å². The van der Waals surface area contributed by atoms with E-state index >= 15 is 0 Å². The molecule has 0 spiro atoms. The molecule has 6 rings (SSSR count). The fourth-order valence-corrected chi connectivity index (χ4v) is 7.79. The molecule has 1 N–H and O–H groups in total. The van der Waals surface area contributed by atoms with Gasteiger partial charge < -0.3 is 5.11 Å². The van der Waals surface area contributed by atoms with Gasteiger partial charge in [-0.05, 0) is 42.0 Å². The molecule has 37 heavy (non-hydrogen) atoms. The predicted molar refractivity (Wildman–Crippen MR) is 136 cm³/mol. The monoisotopic (exact) mass is 538 g/mol. The maximum atomic E-state index is 13.8. The van der Waals surface area contributed by atoms with E-state index in [1.807, 2.05) is 36.4 Å². The number of carbonyl (C=O) groups is 4. The lowest BCUT2D eigenvalue weighted by Crippen LogP contribution is -2.60. The number of aromatic hydroxyl groups is 1. The summed E-state index contributed by atoms with van der Waals surface area (Å²) in [6, 6.07) is 15.6. The van der Waals surface area contributed by atoms with Crippen molar-refractivity contribution in [3.05, 3.63) is 77.4 Å². The summed E-state index contributed by atoms with van der Waals surface area (Å²) in [6.45, 7) is 0.167. The van der Waals surface area contributed by atoms with E-state index in [9.17, 15) is 24.3 Å². The zero-order valence-corrected chi connectivity index (χ0v) is 21.4. The van der Waals surface area contributed by atoms with Crippen LogP contribution in [0.1, 0.15) is 29.9 Å². The van der Waals surface area contributed by atoms with E-state index in [1.165, 1.54) is 24.1 Å². The Morgan fingerprint density at radius 3 is 2.27 bits per heavy atom. The van der Waals surface area contributed by atoms with E-state index in [2.05, 4.69) is 0 Å². The fraction of sp³-hybridized carbons (Fsp3) is 0.357. The first kappa shape index (κ1) is 24.2. The summed E-state index contributed by atoms with van der Waals surface area (Å²) in [6.07, 6.45) is 2.19. The Labute approximate surface area is 223 Å². The number of hydrogen-bond donors (Lipinski definition) is 1. The zero-order chi connectivity index (χ0) is 26.3. The van der Waals surface area contributed by atoms with E-state index in [0.29, 0.717) is 12.0 Å². The molecule has 2 aromatic rings. The number of rotatable bonds is 3. The van der Waals surface area contributed by atoms with E-state index in [4.69, 9.17) is 23.2 Å². The molecule has 9 heteroatoms. The van der Waals surface area contributed by atoms with Gasteiger partial charge in [-0.25, -0.2) is 0 Å². The Morgan fingerprint density at radius 1 is 0.919 bits per heavy atom. The zero-order valence-electron chi connectivity index (χ0n) is 19.9. The third kappa shape index (κ3) is 3.13. The number of carbonyl (C=O) groups excluding carboxylic acids is 4. The number of halogens is 2. The number of phenolic OH excluding ortho intramolecular Hbond substituents is 1. The lowest BCUT2D eigenvalue weighted by Gasteiger charge is -2.50. The molecular formula is C28H24Cl2N2O5. The number of benzene rings is 2. The van der Waals surface area contributed by atoms with Crippen LogP contribution in [-0.4, -0.2) is 55.3 Å². The molecule has 0 unspecified atom stereocenters. The van der Waals surface area contributed by atoms with Gasteiger partial charge in [-0.3, -0.25) is 29.0 Å². The first-order chi connectivity index (χ1) is 17.6. The Hall–Kier alpha value is -3.16. The number of amides is 4. The van der Waals surface area contributed by atoms with Crippen LogP contribution in [0.5, 0.6) is 5.75 Å². The second-order valence-electron chi connectivity index (χ2n) is 10.3. The summed E-state index contributed by atoms with van der Waals surface area (Å²) in [4.78, 5) is 52.7. The average molecular weight is 539 g/mol. The van der Waals surface area contributed by atoms with Crippen molar-refractivity contribution >= 4 is 46.8 Å². The number of likely N-dealkylation sites (tertiary alicyclic amines) is 2. The first-order valence-corrected chi connectivity index (χ1v) is 12.9. The van der Waals surface area contributed by atoms with Crippen molar-refractivity contribution in [2.45, 2.75) is 35.1 Å². The maximum absolute atomic E-state index is 13.8. The summed E-state index contributed by atoms with van der Waals surface area (Å²) < 4.78 is 0. The SMILES string of the molecule is CN1C(=O)[C@]2(Cl)C[C@@H]3C(=CC[C@@H]4C(=O)N(Cc5ccccc5)C(=O)[C@@H]43)[C@H](c3ccc(O)cc3)[C@]2(Cl)C1=O. The van der Waals surface area contributed by atoms with Crippen molar-refractivity contribution < 1.29 is 24.3 Å². The molecule has 3 fully saturated rings. The molecular weight excluding hydrogens is 515 g/mol. The van der Waals surface area contributed by atoms with Crippen LogP contribution in [0, 0.1) is 17.8 Å². The highest BCUT2D eigenvalue weighted by molar-refractivity contribution is 6.53. The topological polar surface area (TPSA) is 95.0 Å². The molecule has 0 bridgehead atoms. The van der Waals surface area contributed by atoms with Gasteiger partial charge in [0.05, 0.1) is 18.4 Å². The third-order valence-corrected chi connectivity index (χ3v) is 9.93. The number of phenols is 1. The molecule has 7 nitrogen and oxygen atoms in total. The summed E-state index contributed by atoms with van der Waals surface area (Å²) >= 11 is 14.2. The third-order valence-electron chi connectivity index (χ3n) is 8.52. The van der Waals surface area contributed by atoms with Crippen molar-refractivity contribution in [2.24, 2.45) is 17.8 Å². The quantitative estimate of drug-likeness (QED) is 0.366. The molecule has 4 amide bonds. The van der Waals surface area contributed by atoms with Gasteiger partial charge in [-0.15, -0.1) is 23.2 Å². The molecule has 6 atom stereocenters. The smallest absolute Gasteiger partial charge is 0.253 e. The van der Waals surface area contributed by atoms with Gasteiger partial charge in [0, 0.05) is 13.0 Å². The highest BCUT2D eigenvalue weighted by Gasteiger charge is 2.75. The largest absolute Gasteiger partial charge is 0.508 e. The van der Waals surface area contributed by atoms with Crippen molar-refractivity contribution in [2.75, 3.05) is 7.05 Å². The fourth-order valence-electron chi connectivity index (χ4n) is 6.77. The Bertz CT molecular complexity index is 1380. The van der Waals surface area contributed by atoms with E-state index in [0.717, 1.165) is 16.0 Å². The number of fused-ring (bicyclic) bond motifs is 4. The van der Waals surface area contributed by atoms with Gasteiger partial charge >= 0.3 is 0 Å². The number of imide groups is 2. The molecule has 0 radical (unpaired) electrons. The number of alkyl halides is 2. The molecule has 2 aliphatic heterocycles. The lowest BCUT2D eigenvalue weighted by molar-refractivity contribution is -0.141. The second-order valence-corrected chi connectivity index (χ2v) is 11.6. The molecule has 2 heterocycles. The first-order valence-electron chi connectivity index (χ1n) is 12.2. The van der Waals surface area contributed by atoms with Crippen LogP contribution in [-0.2, 0) is 25.7 Å². The summed E-state index contributed by atoms with van der Waals surface area (Å²) in [5.41, 5.74) is 2.17. The van der Waals surface area contributed by atoms with Crippen LogP contribution in [0.15, 0.2) is 66.2 Å². The molecule has 2 saturated heterocycles. The standard InChI is InChI=1S/C28H24Cl2N2O5/c1-31-25(36)27(29)13-20-18(22(28(27,30)26(31)37)16-7-9-17(33)10-8-16)11-12-19-21(20)24(35)32(23(19)34)14-15-5-3-2-4-6-15/h2-11,19-22,33H,12-14H2,1H3/t19-,20+,21-,22-,27+,28-/m0/s1. The minimum Gasteiger partial charge on any atom is -0.508 e. The van der Waals surface area contributed by atoms with Crippen LogP contribution in [0.2, 0.25) is 0 Å². The molecule has 4 aliphatic rings. The van der Waals surface area contributed by atoms with E-state index in [1.54, 1.807) is 12.1 Å². The molecule has 2 aliphatic carbocycles. The van der Waals surface area contributed by atoms with Gasteiger partial charge in [0.2, 0.25) is 11.8 Å². The van der Waals surface area contributed by atoms with Crippen LogP contribution >= 0.6 is 23.2 Å². The molecule has 1 saturated carbocycles. The normalized spacial score (nSPS) is 34.8. The van der Waals surface area contributed by atoms with Gasteiger partial charge in [0.25, 0.3) is 11.8 Å². The van der Waals surface area contributed by atoms with Crippen LogP contribution in [0.4, 0.5) is 0 Å². The Balaban J connectivity index is 1.47. The van der Waals surface area contributed by atoms with Crippen LogP contribution in [0.25, 0.3) is 0 Å². The van der Waals surface area contributed by atoms with Crippen LogP contribution < -0.4 is 0 Å². The van der Waals surface area contributed by atoms with Gasteiger partial charge in [-0.1, -0.05) is 54.1 Å².